The fourth-order valence-electron chi connectivity index (χ4n) is 2.35. The topological polar surface area (TPSA) is 103 Å². The molecule has 1 unspecified atom stereocenters. The van der Waals surface area contributed by atoms with Gasteiger partial charge in [-0.05, 0) is 18.6 Å². The molecule has 3 aromatic rings. The van der Waals surface area contributed by atoms with Gasteiger partial charge in [0.25, 0.3) is 0 Å². The van der Waals surface area contributed by atoms with Crippen LogP contribution >= 0.6 is 0 Å². The number of anilines is 1. The Morgan fingerprint density at radius 2 is 2.04 bits per heavy atom. The van der Waals surface area contributed by atoms with Crippen molar-refractivity contribution in [1.29, 1.82) is 0 Å². The highest BCUT2D eigenvalue weighted by Gasteiger charge is 2.19. The molecule has 0 radical (unpaired) electrons. The molecule has 0 saturated carbocycles. The van der Waals surface area contributed by atoms with Crippen LogP contribution in [0.4, 0.5) is 10.6 Å². The van der Waals surface area contributed by atoms with Gasteiger partial charge in [-0.25, -0.2) is 9.78 Å². The number of nitrogens with one attached hydrogen (secondary N) is 3. The average Bonchev–Trinajstić information content (AvgIpc) is 3.01. The number of hydrogen-bond donors (Lipinski definition) is 4. The van der Waals surface area contributed by atoms with Crippen molar-refractivity contribution in [3.8, 4) is 0 Å². The van der Waals surface area contributed by atoms with Crippen LogP contribution in [0.3, 0.4) is 0 Å². The lowest BCUT2D eigenvalue weighted by molar-refractivity contribution is 0.148. The summed E-state index contributed by atoms with van der Waals surface area (Å²) >= 11 is 0. The minimum atomic E-state index is -0.729. The zero-order valence-electron chi connectivity index (χ0n) is 12.5. The van der Waals surface area contributed by atoms with Gasteiger partial charge in [0.2, 0.25) is 0 Å². The lowest BCUT2D eigenvalue weighted by Gasteiger charge is -2.22. The van der Waals surface area contributed by atoms with E-state index in [-0.39, 0.29) is 0 Å². The zero-order valence-corrected chi connectivity index (χ0v) is 12.5. The van der Waals surface area contributed by atoms with Crippen LogP contribution in [0.1, 0.15) is 18.5 Å². The Hall–Kier alpha value is -2.93. The van der Waals surface area contributed by atoms with E-state index >= 15 is 0 Å². The third-order valence-electron chi connectivity index (χ3n) is 3.49. The molecule has 0 aliphatic rings. The number of rotatable bonds is 4. The SMILES string of the molecule is C[C@@H](O)C(NC(=O)Nc1cc2cn[nH]c2cn1)c1ccccc1. The predicted molar refractivity (Wildman–Crippen MR) is 86.9 cm³/mol. The standard InChI is InChI=1S/C16H17N5O2/c1-10(22)15(11-5-3-2-4-6-11)20-16(23)19-14-7-12-8-18-21-13(12)9-17-14/h2-10,15,22H,1H3,(H,18,21)(H2,17,19,20,23)/t10-,15?/m1/s1. The van der Waals surface area contributed by atoms with E-state index in [0.29, 0.717) is 5.82 Å². The highest BCUT2D eigenvalue weighted by Crippen LogP contribution is 2.17. The third kappa shape index (κ3) is 3.46. The maximum atomic E-state index is 12.2. The van der Waals surface area contributed by atoms with Gasteiger partial charge < -0.3 is 10.4 Å². The van der Waals surface area contributed by atoms with Crippen molar-refractivity contribution < 1.29 is 9.90 Å². The van der Waals surface area contributed by atoms with E-state index in [9.17, 15) is 9.90 Å². The molecule has 4 N–H and O–H groups in total. The maximum Gasteiger partial charge on any atom is 0.320 e. The normalized spacial score (nSPS) is 13.5. The van der Waals surface area contributed by atoms with E-state index in [1.807, 2.05) is 30.3 Å². The van der Waals surface area contributed by atoms with Gasteiger partial charge in [-0.1, -0.05) is 30.3 Å². The summed E-state index contributed by atoms with van der Waals surface area (Å²) in [5, 5.41) is 22.9. The molecule has 3 rings (SSSR count). The van der Waals surface area contributed by atoms with Gasteiger partial charge in [0, 0.05) is 5.39 Å². The van der Waals surface area contributed by atoms with Gasteiger partial charge in [-0.3, -0.25) is 10.4 Å². The fourth-order valence-corrected chi connectivity index (χ4v) is 2.35. The van der Waals surface area contributed by atoms with Crippen molar-refractivity contribution in [1.82, 2.24) is 20.5 Å². The van der Waals surface area contributed by atoms with Gasteiger partial charge >= 0.3 is 6.03 Å². The van der Waals surface area contributed by atoms with Gasteiger partial charge in [0.05, 0.1) is 30.1 Å². The van der Waals surface area contributed by atoms with Crippen LogP contribution in [0.5, 0.6) is 0 Å². The number of aliphatic hydroxyl groups excluding tert-OH is 1. The first-order valence-corrected chi connectivity index (χ1v) is 7.23. The Balaban J connectivity index is 1.71. The molecule has 0 aliphatic carbocycles. The maximum absolute atomic E-state index is 12.2. The molecule has 0 bridgehead atoms. The monoisotopic (exact) mass is 311 g/mol. The summed E-state index contributed by atoms with van der Waals surface area (Å²) in [6.07, 6.45) is 2.52. The summed E-state index contributed by atoms with van der Waals surface area (Å²) < 4.78 is 0. The van der Waals surface area contributed by atoms with E-state index in [1.54, 1.807) is 25.4 Å². The molecule has 7 nitrogen and oxygen atoms in total. The Bertz CT molecular complexity index is 800. The number of pyridine rings is 1. The number of benzene rings is 1. The molecule has 0 fully saturated rings. The van der Waals surface area contributed by atoms with Crippen molar-refractivity contribution in [2.75, 3.05) is 5.32 Å². The Kier molecular flexibility index (Phi) is 4.20. The van der Waals surface area contributed by atoms with Crippen LogP contribution in [0.15, 0.2) is 48.8 Å². The van der Waals surface area contributed by atoms with Crippen molar-refractivity contribution in [2.45, 2.75) is 19.1 Å². The van der Waals surface area contributed by atoms with Gasteiger partial charge in [0.15, 0.2) is 0 Å². The number of H-pyrrole nitrogens is 1. The summed E-state index contributed by atoms with van der Waals surface area (Å²) in [7, 11) is 0. The summed E-state index contributed by atoms with van der Waals surface area (Å²) in [4.78, 5) is 16.3. The zero-order chi connectivity index (χ0) is 16.2. The van der Waals surface area contributed by atoms with Crippen molar-refractivity contribution in [3.63, 3.8) is 0 Å². The molecule has 2 amide bonds. The quantitative estimate of drug-likeness (QED) is 0.593. The predicted octanol–water partition coefficient (Wildman–Crippen LogP) is 2.20. The highest BCUT2D eigenvalue weighted by atomic mass is 16.3. The van der Waals surface area contributed by atoms with Gasteiger partial charge in [-0.15, -0.1) is 0 Å². The lowest BCUT2D eigenvalue weighted by atomic mass is 10.0. The average molecular weight is 311 g/mol. The first-order valence-electron chi connectivity index (χ1n) is 7.23. The van der Waals surface area contributed by atoms with E-state index in [4.69, 9.17) is 0 Å². The second-order valence-corrected chi connectivity index (χ2v) is 5.25. The van der Waals surface area contributed by atoms with Crippen LogP contribution in [0.25, 0.3) is 10.9 Å². The van der Waals surface area contributed by atoms with Crippen LogP contribution in [0.2, 0.25) is 0 Å². The summed E-state index contributed by atoms with van der Waals surface area (Å²) in [6.45, 7) is 1.63. The first-order chi connectivity index (χ1) is 11.1. The van der Waals surface area contributed by atoms with Gasteiger partial charge in [0.1, 0.15) is 5.82 Å². The van der Waals surface area contributed by atoms with E-state index in [1.165, 1.54) is 0 Å². The molecule has 2 atom stereocenters. The van der Waals surface area contributed by atoms with Crippen LogP contribution in [-0.4, -0.2) is 32.4 Å². The smallest absolute Gasteiger partial charge is 0.320 e. The molecule has 0 aliphatic heterocycles. The van der Waals surface area contributed by atoms with Crippen molar-refractivity contribution in [3.05, 3.63) is 54.4 Å². The summed E-state index contributed by atoms with van der Waals surface area (Å²) in [5.41, 5.74) is 1.62. The fraction of sp³-hybridized carbons (Fsp3) is 0.188. The molecule has 0 spiro atoms. The van der Waals surface area contributed by atoms with E-state index in [0.717, 1.165) is 16.5 Å². The second-order valence-electron chi connectivity index (χ2n) is 5.25. The lowest BCUT2D eigenvalue weighted by Crippen LogP contribution is -2.37. The number of hydrogen-bond acceptors (Lipinski definition) is 4. The number of aromatic nitrogens is 3. The molecule has 23 heavy (non-hydrogen) atoms. The molecule has 118 valence electrons. The number of carbonyl (C=O) groups is 1. The molecule has 0 saturated heterocycles. The molecule has 7 heteroatoms. The molecule has 2 aromatic heterocycles. The van der Waals surface area contributed by atoms with Crippen LogP contribution in [0, 0.1) is 0 Å². The number of urea groups is 1. The number of nitrogens with zero attached hydrogens (tertiary/aromatic N) is 2. The van der Waals surface area contributed by atoms with E-state index < -0.39 is 18.2 Å². The van der Waals surface area contributed by atoms with Crippen molar-refractivity contribution >= 4 is 22.8 Å². The summed E-state index contributed by atoms with van der Waals surface area (Å²) in [6, 6.07) is 10.1. The van der Waals surface area contributed by atoms with Gasteiger partial charge in [-0.2, -0.15) is 5.10 Å². The van der Waals surface area contributed by atoms with E-state index in [2.05, 4.69) is 25.8 Å². The Labute approximate surface area is 132 Å². The highest BCUT2D eigenvalue weighted by molar-refractivity contribution is 5.91. The number of carbonyl (C=O) groups excluding carboxylic acids is 1. The van der Waals surface area contributed by atoms with Crippen LogP contribution < -0.4 is 10.6 Å². The number of fused-ring (bicyclic) bond motifs is 1. The number of amides is 2. The summed E-state index contributed by atoms with van der Waals surface area (Å²) in [5.74, 6) is 0.411. The molecule has 1 aromatic carbocycles. The number of aliphatic hydroxyl groups is 1. The largest absolute Gasteiger partial charge is 0.391 e. The Morgan fingerprint density at radius 3 is 2.78 bits per heavy atom. The molecular weight excluding hydrogens is 294 g/mol. The van der Waals surface area contributed by atoms with Crippen molar-refractivity contribution in [2.24, 2.45) is 0 Å². The number of aromatic amines is 1. The minimum absolute atomic E-state index is 0.411. The first kappa shape index (κ1) is 15.0. The molecular formula is C16H17N5O2. The van der Waals surface area contributed by atoms with Crippen LogP contribution in [-0.2, 0) is 0 Å². The molecule has 2 heterocycles. The third-order valence-corrected chi connectivity index (χ3v) is 3.49. The minimum Gasteiger partial charge on any atom is -0.391 e. The second kappa shape index (κ2) is 6.45. The Morgan fingerprint density at radius 1 is 1.26 bits per heavy atom.